The largest absolute Gasteiger partial charge is 0.417 e. The van der Waals surface area contributed by atoms with Crippen LogP contribution in [0, 0.1) is 12.7 Å². The number of hydrogen-bond acceptors (Lipinski definition) is 4. The number of carbonyl (C=O) groups is 1. The van der Waals surface area contributed by atoms with Crippen LogP contribution >= 0.6 is 0 Å². The summed E-state index contributed by atoms with van der Waals surface area (Å²) in [6.07, 6.45) is -3.55. The summed E-state index contributed by atoms with van der Waals surface area (Å²) in [5, 5.41) is 0.703. The number of aromatic nitrogens is 1. The highest BCUT2D eigenvalue weighted by Gasteiger charge is 2.35. The highest BCUT2D eigenvalue weighted by molar-refractivity contribution is 7.88. The van der Waals surface area contributed by atoms with Gasteiger partial charge in [0, 0.05) is 5.69 Å². The van der Waals surface area contributed by atoms with Gasteiger partial charge in [0.05, 0.1) is 22.2 Å². The first-order valence-corrected chi connectivity index (χ1v) is 8.55. The maximum atomic E-state index is 12.5. The molecule has 0 bridgehead atoms. The lowest BCUT2D eigenvalue weighted by molar-refractivity contribution is -0.138. The molecule has 0 spiro atoms. The summed E-state index contributed by atoms with van der Waals surface area (Å²) in [6, 6.07) is 6.89. The van der Waals surface area contributed by atoms with Crippen molar-refractivity contribution < 1.29 is 35.3 Å². The first-order chi connectivity index (χ1) is 12.3. The molecule has 2 aromatic rings. The molecule has 11 heteroatoms. The molecule has 0 aliphatic heterocycles. The molecule has 0 atom stereocenters. The van der Waals surface area contributed by atoms with Gasteiger partial charge in [-0.15, -0.1) is 0 Å². The van der Waals surface area contributed by atoms with E-state index >= 15 is 0 Å². The number of halogens is 4. The van der Waals surface area contributed by atoms with E-state index in [2.05, 4.69) is 4.98 Å². The molecule has 146 valence electrons. The third-order valence-electron chi connectivity index (χ3n) is 2.87. The Morgan fingerprint density at radius 1 is 1.22 bits per heavy atom. The van der Waals surface area contributed by atoms with Gasteiger partial charge < -0.3 is 5.73 Å². The Labute approximate surface area is 152 Å². The number of alkyl halides is 3. The molecule has 3 N–H and O–H groups in total. The van der Waals surface area contributed by atoms with Crippen LogP contribution in [0.5, 0.6) is 0 Å². The number of hydrogen-bond donors (Lipinski definition) is 2. The highest BCUT2D eigenvalue weighted by Crippen LogP contribution is 2.32. The molecule has 6 nitrogen and oxygen atoms in total. The Morgan fingerprint density at radius 2 is 1.85 bits per heavy atom. The second-order valence-corrected chi connectivity index (χ2v) is 6.38. The molecule has 1 amide bonds. The van der Waals surface area contributed by atoms with Gasteiger partial charge in [-0.3, -0.25) is 14.3 Å². The van der Waals surface area contributed by atoms with Crippen molar-refractivity contribution in [1.29, 1.82) is 0 Å². The topological polar surface area (TPSA) is 110 Å². The quantitative estimate of drug-likeness (QED) is 0.601. The van der Waals surface area contributed by atoms with Crippen molar-refractivity contribution in [3.63, 3.8) is 0 Å². The van der Waals surface area contributed by atoms with Crippen LogP contribution in [0.15, 0.2) is 41.8 Å². The Balaban J connectivity index is 0.000000271. The number of nitrogens with two attached hydrogens (primary N) is 1. The van der Waals surface area contributed by atoms with E-state index in [9.17, 15) is 30.8 Å². The van der Waals surface area contributed by atoms with Gasteiger partial charge in [0.1, 0.15) is 5.82 Å². The summed E-state index contributed by atoms with van der Waals surface area (Å²) in [5.74, 6) is -2.31. The van der Waals surface area contributed by atoms with E-state index < -0.39 is 39.1 Å². The summed E-state index contributed by atoms with van der Waals surface area (Å²) >= 11 is 0. The Morgan fingerprint density at radius 3 is 2.33 bits per heavy atom. The average Bonchev–Trinajstić information content (AvgIpc) is 2.52. The first kappa shape index (κ1) is 22.3. The Bertz CT molecular complexity index is 957. The Kier molecular flexibility index (Phi) is 7.20. The van der Waals surface area contributed by atoms with E-state index in [0.717, 1.165) is 11.8 Å². The fraction of sp³-hybridized carbons (Fsp3) is 0.125. The van der Waals surface area contributed by atoms with Gasteiger partial charge in [-0.2, -0.15) is 21.6 Å². The average molecular weight is 406 g/mol. The number of benzene rings is 1. The molecule has 0 saturated heterocycles. The SMILES string of the molecule is Cc1cccc(C=CS(=O)(=O)O)n1.NC(=O)c1ccc(F)cc1C(F)(F)F. The van der Waals surface area contributed by atoms with Crippen LogP contribution in [0.2, 0.25) is 0 Å². The van der Waals surface area contributed by atoms with Crippen LogP contribution in [-0.4, -0.2) is 23.9 Å². The number of amides is 1. The van der Waals surface area contributed by atoms with Gasteiger partial charge >= 0.3 is 6.18 Å². The lowest BCUT2D eigenvalue weighted by Crippen LogP contribution is -2.18. The predicted octanol–water partition coefficient (Wildman–Crippen LogP) is 3.19. The molecule has 0 radical (unpaired) electrons. The van der Waals surface area contributed by atoms with Crippen LogP contribution in [0.1, 0.15) is 27.3 Å². The third-order valence-corrected chi connectivity index (χ3v) is 3.35. The van der Waals surface area contributed by atoms with Crippen molar-refractivity contribution in [2.24, 2.45) is 5.73 Å². The predicted molar refractivity (Wildman–Crippen MR) is 89.5 cm³/mol. The van der Waals surface area contributed by atoms with E-state index in [1.54, 1.807) is 25.1 Å². The molecule has 0 fully saturated rings. The summed E-state index contributed by atoms with van der Waals surface area (Å²) < 4.78 is 78.2. The van der Waals surface area contributed by atoms with Gasteiger partial charge in [-0.1, -0.05) is 6.07 Å². The van der Waals surface area contributed by atoms with Crippen molar-refractivity contribution in [1.82, 2.24) is 4.98 Å². The van der Waals surface area contributed by atoms with E-state index in [-0.39, 0.29) is 6.07 Å². The maximum absolute atomic E-state index is 12.5. The van der Waals surface area contributed by atoms with Gasteiger partial charge in [-0.25, -0.2) is 4.39 Å². The number of pyridine rings is 1. The normalized spacial score (nSPS) is 11.8. The number of primary amides is 1. The van der Waals surface area contributed by atoms with Crippen LogP contribution in [0.4, 0.5) is 17.6 Å². The zero-order valence-electron chi connectivity index (χ0n) is 13.7. The molecule has 27 heavy (non-hydrogen) atoms. The summed E-state index contributed by atoms with van der Waals surface area (Å²) in [7, 11) is -4.06. The van der Waals surface area contributed by atoms with Crippen molar-refractivity contribution in [3.8, 4) is 0 Å². The molecule has 1 aromatic carbocycles. The number of carbonyl (C=O) groups excluding carboxylic acids is 1. The van der Waals surface area contributed by atoms with E-state index in [1.165, 1.54) is 6.08 Å². The van der Waals surface area contributed by atoms with Gasteiger partial charge in [0.25, 0.3) is 10.1 Å². The third kappa shape index (κ3) is 7.96. The Hall–Kier alpha value is -2.79. The van der Waals surface area contributed by atoms with Crippen molar-refractivity contribution >= 4 is 22.1 Å². The van der Waals surface area contributed by atoms with Gasteiger partial charge in [0.15, 0.2) is 0 Å². The minimum Gasteiger partial charge on any atom is -0.366 e. The molecular formula is C16H14F4N2O4S. The highest BCUT2D eigenvalue weighted by atomic mass is 32.2. The van der Waals surface area contributed by atoms with Crippen LogP contribution in [-0.2, 0) is 16.3 Å². The number of aryl methyl sites for hydroxylation is 1. The van der Waals surface area contributed by atoms with Crippen LogP contribution < -0.4 is 5.73 Å². The summed E-state index contributed by atoms with van der Waals surface area (Å²) in [4.78, 5) is 14.6. The molecule has 1 aromatic heterocycles. The summed E-state index contributed by atoms with van der Waals surface area (Å²) in [5.41, 5.74) is 3.89. The minimum atomic E-state index is -4.79. The van der Waals surface area contributed by atoms with Crippen molar-refractivity contribution in [2.45, 2.75) is 13.1 Å². The molecule has 0 unspecified atom stereocenters. The van der Waals surface area contributed by atoms with Crippen LogP contribution in [0.25, 0.3) is 6.08 Å². The molecular weight excluding hydrogens is 392 g/mol. The summed E-state index contributed by atoms with van der Waals surface area (Å²) in [6.45, 7) is 1.80. The smallest absolute Gasteiger partial charge is 0.366 e. The van der Waals surface area contributed by atoms with E-state index in [4.69, 9.17) is 10.3 Å². The van der Waals surface area contributed by atoms with Crippen molar-refractivity contribution in [3.05, 3.63) is 70.1 Å². The fourth-order valence-electron chi connectivity index (χ4n) is 1.78. The van der Waals surface area contributed by atoms with Crippen LogP contribution in [0.3, 0.4) is 0 Å². The zero-order valence-corrected chi connectivity index (χ0v) is 14.6. The molecule has 2 rings (SSSR count). The van der Waals surface area contributed by atoms with E-state index in [0.29, 0.717) is 17.2 Å². The minimum absolute atomic E-state index is 0.236. The van der Waals surface area contributed by atoms with Crippen molar-refractivity contribution in [2.75, 3.05) is 0 Å². The lowest BCUT2D eigenvalue weighted by Gasteiger charge is -2.09. The second kappa shape index (κ2) is 8.73. The van der Waals surface area contributed by atoms with Gasteiger partial charge in [0.2, 0.25) is 5.91 Å². The molecule has 0 aliphatic carbocycles. The number of nitrogens with zero attached hydrogens (tertiary/aromatic N) is 1. The standard InChI is InChI=1S/C8H5F4NO.C8H9NO3S/c9-4-1-2-5(7(13)14)6(3-4)8(10,11)12;1-7-3-2-4-8(9-7)5-6-13(10,11)12/h1-3H,(H2,13,14);2-6H,1H3,(H,10,11,12). The van der Waals surface area contributed by atoms with E-state index in [1.807, 2.05) is 0 Å². The second-order valence-electron chi connectivity index (χ2n) is 5.07. The van der Waals surface area contributed by atoms with Gasteiger partial charge in [-0.05, 0) is 43.3 Å². The first-order valence-electron chi connectivity index (χ1n) is 7.05. The fourth-order valence-corrected chi connectivity index (χ4v) is 2.09. The molecule has 1 heterocycles. The maximum Gasteiger partial charge on any atom is 0.417 e. The molecule has 0 aliphatic rings. The number of rotatable bonds is 3. The molecule has 0 saturated carbocycles. The monoisotopic (exact) mass is 406 g/mol. The lowest BCUT2D eigenvalue weighted by atomic mass is 10.1. The zero-order chi connectivity index (χ0) is 20.8.